The SMILES string of the molecule is O=C(c1ncc[nH]1)N1CCC(n2cc(Cc3ccccc3)nn2)CC1. The average Bonchev–Trinajstić information content (AvgIpc) is 3.34. The van der Waals surface area contributed by atoms with Gasteiger partial charge in [0.15, 0.2) is 5.82 Å². The van der Waals surface area contributed by atoms with E-state index in [9.17, 15) is 4.79 Å². The summed E-state index contributed by atoms with van der Waals surface area (Å²) in [6, 6.07) is 10.6. The van der Waals surface area contributed by atoms with Crippen molar-refractivity contribution in [3.05, 3.63) is 66.0 Å². The van der Waals surface area contributed by atoms with Gasteiger partial charge in [-0.15, -0.1) is 5.10 Å². The molecule has 1 aliphatic rings. The average molecular weight is 336 g/mol. The molecular formula is C18H20N6O. The van der Waals surface area contributed by atoms with E-state index in [2.05, 4.69) is 32.4 Å². The smallest absolute Gasteiger partial charge is 0.289 e. The number of benzene rings is 1. The number of H-pyrrole nitrogens is 1. The van der Waals surface area contributed by atoms with Gasteiger partial charge in [0.25, 0.3) is 5.91 Å². The molecule has 0 radical (unpaired) electrons. The quantitative estimate of drug-likeness (QED) is 0.791. The zero-order chi connectivity index (χ0) is 17.1. The van der Waals surface area contributed by atoms with E-state index >= 15 is 0 Å². The first-order valence-electron chi connectivity index (χ1n) is 8.53. The molecule has 7 heteroatoms. The Morgan fingerprint density at radius 2 is 2.00 bits per heavy atom. The number of hydrogen-bond acceptors (Lipinski definition) is 4. The number of aromatic nitrogens is 5. The van der Waals surface area contributed by atoms with Crippen molar-refractivity contribution in [1.29, 1.82) is 0 Å². The van der Waals surface area contributed by atoms with Gasteiger partial charge in [-0.2, -0.15) is 0 Å². The van der Waals surface area contributed by atoms with Crippen LogP contribution in [0.15, 0.2) is 48.9 Å². The second-order valence-corrected chi connectivity index (χ2v) is 6.31. The molecule has 0 unspecified atom stereocenters. The Morgan fingerprint density at radius 3 is 2.72 bits per heavy atom. The molecule has 1 aromatic carbocycles. The Labute approximate surface area is 145 Å². The van der Waals surface area contributed by atoms with Gasteiger partial charge >= 0.3 is 0 Å². The maximum atomic E-state index is 12.3. The molecule has 3 heterocycles. The summed E-state index contributed by atoms with van der Waals surface area (Å²) in [4.78, 5) is 21.1. The van der Waals surface area contributed by atoms with Crippen LogP contribution in [0.4, 0.5) is 0 Å². The molecule has 4 rings (SSSR count). The van der Waals surface area contributed by atoms with Gasteiger partial charge in [0, 0.05) is 38.1 Å². The van der Waals surface area contributed by atoms with E-state index in [1.54, 1.807) is 12.4 Å². The highest BCUT2D eigenvalue weighted by atomic mass is 16.2. The largest absolute Gasteiger partial charge is 0.341 e. The predicted molar refractivity (Wildman–Crippen MR) is 92.0 cm³/mol. The number of rotatable bonds is 4. The lowest BCUT2D eigenvalue weighted by Crippen LogP contribution is -2.39. The van der Waals surface area contributed by atoms with Crippen LogP contribution in [0.25, 0.3) is 0 Å². The normalized spacial score (nSPS) is 15.4. The fraction of sp³-hybridized carbons (Fsp3) is 0.333. The zero-order valence-electron chi connectivity index (χ0n) is 13.9. The number of carbonyl (C=O) groups is 1. The number of carbonyl (C=O) groups excluding carboxylic acids is 1. The first-order chi connectivity index (χ1) is 12.3. The summed E-state index contributed by atoms with van der Waals surface area (Å²) in [5.74, 6) is 0.371. The van der Waals surface area contributed by atoms with Crippen LogP contribution in [0, 0.1) is 0 Å². The standard InChI is InChI=1S/C18H20N6O/c25-18(17-19-8-9-20-17)23-10-6-16(7-11-23)24-13-15(21-22-24)12-14-4-2-1-3-5-14/h1-5,8-9,13,16H,6-7,10-12H2,(H,19,20). The Hall–Kier alpha value is -2.96. The van der Waals surface area contributed by atoms with Crippen LogP contribution in [0.5, 0.6) is 0 Å². The van der Waals surface area contributed by atoms with Gasteiger partial charge in [-0.05, 0) is 18.4 Å². The second kappa shape index (κ2) is 6.88. The summed E-state index contributed by atoms with van der Waals surface area (Å²) in [6.07, 6.45) is 7.84. The van der Waals surface area contributed by atoms with E-state index in [1.807, 2.05) is 34.0 Å². The van der Waals surface area contributed by atoms with Crippen molar-refractivity contribution in [2.24, 2.45) is 0 Å². The number of piperidine rings is 1. The fourth-order valence-electron chi connectivity index (χ4n) is 3.24. The third-order valence-corrected chi connectivity index (χ3v) is 4.61. The van der Waals surface area contributed by atoms with Gasteiger partial charge in [0.1, 0.15) is 0 Å². The van der Waals surface area contributed by atoms with E-state index in [0.717, 1.165) is 25.0 Å². The van der Waals surface area contributed by atoms with E-state index in [0.29, 0.717) is 18.9 Å². The van der Waals surface area contributed by atoms with Crippen molar-refractivity contribution >= 4 is 5.91 Å². The van der Waals surface area contributed by atoms with Crippen molar-refractivity contribution in [3.8, 4) is 0 Å². The van der Waals surface area contributed by atoms with Crippen LogP contribution in [-0.4, -0.2) is 48.9 Å². The van der Waals surface area contributed by atoms with E-state index in [-0.39, 0.29) is 11.9 Å². The number of nitrogens with one attached hydrogen (secondary N) is 1. The number of hydrogen-bond donors (Lipinski definition) is 1. The Balaban J connectivity index is 1.36. The maximum Gasteiger partial charge on any atom is 0.289 e. The lowest BCUT2D eigenvalue weighted by molar-refractivity contribution is 0.0678. The third kappa shape index (κ3) is 3.45. The Kier molecular flexibility index (Phi) is 4.28. The minimum Gasteiger partial charge on any atom is -0.341 e. The molecule has 1 amide bonds. The molecule has 0 spiro atoms. The van der Waals surface area contributed by atoms with Crippen LogP contribution < -0.4 is 0 Å². The van der Waals surface area contributed by atoms with Gasteiger partial charge in [-0.25, -0.2) is 9.67 Å². The molecule has 0 saturated carbocycles. The molecule has 1 saturated heterocycles. The Bertz CT molecular complexity index is 818. The highest BCUT2D eigenvalue weighted by molar-refractivity contribution is 5.90. The minimum atomic E-state index is -0.0354. The van der Waals surface area contributed by atoms with Crippen molar-refractivity contribution < 1.29 is 4.79 Å². The maximum absolute atomic E-state index is 12.3. The number of likely N-dealkylation sites (tertiary alicyclic amines) is 1. The molecule has 0 bridgehead atoms. The highest BCUT2D eigenvalue weighted by Crippen LogP contribution is 2.22. The van der Waals surface area contributed by atoms with E-state index < -0.39 is 0 Å². The van der Waals surface area contributed by atoms with Crippen molar-refractivity contribution in [1.82, 2.24) is 29.9 Å². The Morgan fingerprint density at radius 1 is 1.20 bits per heavy atom. The minimum absolute atomic E-state index is 0.0354. The van der Waals surface area contributed by atoms with Gasteiger partial charge in [-0.1, -0.05) is 35.5 Å². The second-order valence-electron chi connectivity index (χ2n) is 6.31. The number of amides is 1. The van der Waals surface area contributed by atoms with Crippen LogP contribution in [0.2, 0.25) is 0 Å². The van der Waals surface area contributed by atoms with Gasteiger partial charge in [0.05, 0.1) is 11.7 Å². The number of nitrogens with zero attached hydrogens (tertiary/aromatic N) is 5. The molecule has 0 atom stereocenters. The van der Waals surface area contributed by atoms with Gasteiger partial charge in [0.2, 0.25) is 0 Å². The molecule has 2 aromatic heterocycles. The highest BCUT2D eigenvalue weighted by Gasteiger charge is 2.26. The molecule has 0 aliphatic carbocycles. The summed E-state index contributed by atoms with van der Waals surface area (Å²) in [6.45, 7) is 1.41. The number of imidazole rings is 1. The third-order valence-electron chi connectivity index (χ3n) is 4.61. The van der Waals surface area contributed by atoms with E-state index in [4.69, 9.17) is 0 Å². The zero-order valence-corrected chi connectivity index (χ0v) is 13.9. The van der Waals surface area contributed by atoms with Crippen LogP contribution in [-0.2, 0) is 6.42 Å². The van der Waals surface area contributed by atoms with Crippen LogP contribution >= 0.6 is 0 Å². The summed E-state index contributed by atoms with van der Waals surface area (Å²) in [5, 5.41) is 8.60. The lowest BCUT2D eigenvalue weighted by Gasteiger charge is -2.31. The summed E-state index contributed by atoms with van der Waals surface area (Å²) >= 11 is 0. The van der Waals surface area contributed by atoms with Crippen molar-refractivity contribution in [3.63, 3.8) is 0 Å². The molecule has 1 N–H and O–H groups in total. The molecule has 7 nitrogen and oxygen atoms in total. The van der Waals surface area contributed by atoms with Crippen LogP contribution in [0.3, 0.4) is 0 Å². The van der Waals surface area contributed by atoms with Crippen molar-refractivity contribution in [2.45, 2.75) is 25.3 Å². The first kappa shape index (κ1) is 15.6. The van der Waals surface area contributed by atoms with Crippen molar-refractivity contribution in [2.75, 3.05) is 13.1 Å². The fourth-order valence-corrected chi connectivity index (χ4v) is 3.24. The summed E-state index contributed by atoms with van der Waals surface area (Å²) in [5.41, 5.74) is 2.20. The summed E-state index contributed by atoms with van der Waals surface area (Å²) < 4.78 is 1.95. The molecule has 3 aromatic rings. The van der Waals surface area contributed by atoms with E-state index in [1.165, 1.54) is 5.56 Å². The van der Waals surface area contributed by atoms with Crippen LogP contribution in [0.1, 0.15) is 40.8 Å². The molecule has 128 valence electrons. The molecular weight excluding hydrogens is 316 g/mol. The summed E-state index contributed by atoms with van der Waals surface area (Å²) in [7, 11) is 0. The monoisotopic (exact) mass is 336 g/mol. The molecule has 1 fully saturated rings. The molecule has 25 heavy (non-hydrogen) atoms. The predicted octanol–water partition coefficient (Wildman–Crippen LogP) is 2.07. The lowest BCUT2D eigenvalue weighted by atomic mass is 10.1. The van der Waals surface area contributed by atoms with Gasteiger partial charge in [-0.3, -0.25) is 4.79 Å². The topological polar surface area (TPSA) is 79.7 Å². The number of aromatic amines is 1. The first-order valence-corrected chi connectivity index (χ1v) is 8.53. The van der Waals surface area contributed by atoms with Gasteiger partial charge < -0.3 is 9.88 Å². The molecule has 1 aliphatic heterocycles.